The van der Waals surface area contributed by atoms with E-state index in [-0.39, 0.29) is 17.9 Å². The molecule has 1 fully saturated rings. The first-order valence-corrected chi connectivity index (χ1v) is 5.67. The van der Waals surface area contributed by atoms with Gasteiger partial charge in [-0.2, -0.15) is 0 Å². The average Bonchev–Trinajstić information content (AvgIpc) is 2.18. The van der Waals surface area contributed by atoms with Crippen molar-refractivity contribution in [3.63, 3.8) is 0 Å². The van der Waals surface area contributed by atoms with Gasteiger partial charge in [-0.1, -0.05) is 6.92 Å². The molecule has 0 aromatic rings. The number of alkyl halides is 1. The van der Waals surface area contributed by atoms with Gasteiger partial charge in [-0.15, -0.1) is 11.6 Å². The molecule has 1 atom stereocenters. The summed E-state index contributed by atoms with van der Waals surface area (Å²) < 4.78 is 5.20. The van der Waals surface area contributed by atoms with Crippen molar-refractivity contribution in [1.29, 1.82) is 0 Å². The molecule has 4 heteroatoms. The average molecular weight is 220 g/mol. The molecule has 3 nitrogen and oxygen atoms in total. The Morgan fingerprint density at radius 2 is 2.43 bits per heavy atom. The third-order valence-electron chi connectivity index (χ3n) is 2.29. The zero-order chi connectivity index (χ0) is 10.4. The van der Waals surface area contributed by atoms with Crippen LogP contribution in [0.25, 0.3) is 0 Å². The molecular weight excluding hydrogens is 202 g/mol. The zero-order valence-corrected chi connectivity index (χ0v) is 9.42. The molecule has 0 N–H and O–H groups in total. The van der Waals surface area contributed by atoms with E-state index >= 15 is 0 Å². The molecule has 0 aliphatic carbocycles. The summed E-state index contributed by atoms with van der Waals surface area (Å²) in [4.78, 5) is 13.4. The van der Waals surface area contributed by atoms with E-state index in [9.17, 15) is 4.79 Å². The smallest absolute Gasteiger partial charge is 0.248 e. The summed E-state index contributed by atoms with van der Waals surface area (Å²) in [6.07, 6.45) is 2.97. The topological polar surface area (TPSA) is 29.5 Å². The molecule has 0 radical (unpaired) electrons. The van der Waals surface area contributed by atoms with E-state index in [0.29, 0.717) is 13.2 Å². The van der Waals surface area contributed by atoms with Gasteiger partial charge >= 0.3 is 0 Å². The van der Waals surface area contributed by atoms with Crippen LogP contribution in [0.1, 0.15) is 26.2 Å². The van der Waals surface area contributed by atoms with Crippen LogP contribution in [0.3, 0.4) is 0 Å². The van der Waals surface area contributed by atoms with Crippen LogP contribution in [0.2, 0.25) is 0 Å². The van der Waals surface area contributed by atoms with E-state index in [0.717, 1.165) is 25.8 Å². The molecule has 0 aromatic carbocycles. The first kappa shape index (κ1) is 11.8. The lowest BCUT2D eigenvalue weighted by Gasteiger charge is -2.29. The highest BCUT2D eigenvalue weighted by molar-refractivity contribution is 6.20. The van der Waals surface area contributed by atoms with E-state index in [1.165, 1.54) is 0 Å². The number of ether oxygens (including phenoxy) is 1. The lowest BCUT2D eigenvalue weighted by Crippen LogP contribution is -2.42. The highest BCUT2D eigenvalue weighted by atomic mass is 35.5. The number of halogens is 1. The Bertz CT molecular complexity index is 187. The predicted molar refractivity (Wildman–Crippen MR) is 56.6 cm³/mol. The van der Waals surface area contributed by atoms with Crippen LogP contribution in [0, 0.1) is 0 Å². The van der Waals surface area contributed by atoms with Gasteiger partial charge in [0.2, 0.25) is 5.91 Å². The molecule has 1 aliphatic rings. The van der Waals surface area contributed by atoms with Crippen molar-refractivity contribution in [2.24, 2.45) is 0 Å². The van der Waals surface area contributed by atoms with E-state index in [2.05, 4.69) is 0 Å². The van der Waals surface area contributed by atoms with Crippen molar-refractivity contribution in [3.8, 4) is 0 Å². The standard InChI is InChI=1S/C10H18ClNO2/c1-2-6-14-8-10(13)12-5-3-4-9(11)7-12/h9H,2-8H2,1H3. The van der Waals surface area contributed by atoms with E-state index < -0.39 is 0 Å². The van der Waals surface area contributed by atoms with Gasteiger partial charge in [-0.3, -0.25) is 4.79 Å². The first-order chi connectivity index (χ1) is 6.74. The summed E-state index contributed by atoms with van der Waals surface area (Å²) in [6.45, 7) is 4.40. The predicted octanol–water partition coefficient (Wildman–Crippen LogP) is 1.64. The molecule has 82 valence electrons. The van der Waals surface area contributed by atoms with Crippen molar-refractivity contribution in [3.05, 3.63) is 0 Å². The van der Waals surface area contributed by atoms with Gasteiger partial charge in [0.1, 0.15) is 6.61 Å². The van der Waals surface area contributed by atoms with Crippen LogP contribution >= 0.6 is 11.6 Å². The molecule has 1 unspecified atom stereocenters. The minimum absolute atomic E-state index is 0.0730. The van der Waals surface area contributed by atoms with Crippen molar-refractivity contribution < 1.29 is 9.53 Å². The Balaban J connectivity index is 2.22. The van der Waals surface area contributed by atoms with Crippen LogP contribution < -0.4 is 0 Å². The fourth-order valence-corrected chi connectivity index (χ4v) is 1.87. The second-order valence-corrected chi connectivity index (χ2v) is 4.25. The number of likely N-dealkylation sites (tertiary alicyclic amines) is 1. The Morgan fingerprint density at radius 3 is 3.07 bits per heavy atom. The van der Waals surface area contributed by atoms with E-state index in [1.54, 1.807) is 4.90 Å². The maximum atomic E-state index is 11.6. The van der Waals surface area contributed by atoms with Crippen LogP contribution in [0.5, 0.6) is 0 Å². The van der Waals surface area contributed by atoms with Gasteiger partial charge < -0.3 is 9.64 Å². The minimum Gasteiger partial charge on any atom is -0.372 e. The number of hydrogen-bond acceptors (Lipinski definition) is 2. The number of rotatable bonds is 4. The number of carbonyl (C=O) groups is 1. The van der Waals surface area contributed by atoms with Crippen molar-refractivity contribution in [2.45, 2.75) is 31.6 Å². The SMILES string of the molecule is CCCOCC(=O)N1CCCC(Cl)C1. The molecule has 14 heavy (non-hydrogen) atoms. The summed E-state index contributed by atoms with van der Waals surface area (Å²) in [5.41, 5.74) is 0. The maximum Gasteiger partial charge on any atom is 0.248 e. The molecule has 1 aliphatic heterocycles. The van der Waals surface area contributed by atoms with Gasteiger partial charge in [0.25, 0.3) is 0 Å². The molecule has 0 saturated carbocycles. The van der Waals surface area contributed by atoms with Crippen LogP contribution in [-0.4, -0.2) is 42.5 Å². The number of hydrogen-bond donors (Lipinski definition) is 0. The normalized spacial score (nSPS) is 22.4. The largest absolute Gasteiger partial charge is 0.372 e. The second kappa shape index (κ2) is 6.25. The third kappa shape index (κ3) is 3.84. The van der Waals surface area contributed by atoms with Gasteiger partial charge in [0, 0.05) is 19.7 Å². The Morgan fingerprint density at radius 1 is 1.64 bits per heavy atom. The van der Waals surface area contributed by atoms with Gasteiger partial charge in [0.15, 0.2) is 0 Å². The van der Waals surface area contributed by atoms with Gasteiger partial charge in [-0.25, -0.2) is 0 Å². The summed E-state index contributed by atoms with van der Waals surface area (Å²) in [5, 5.41) is 0.124. The van der Waals surface area contributed by atoms with Crippen molar-refractivity contribution in [2.75, 3.05) is 26.3 Å². The number of amides is 1. The Kier molecular flexibility index (Phi) is 5.26. The molecule has 0 aromatic heterocycles. The molecule has 1 amide bonds. The minimum atomic E-state index is 0.0730. The lowest BCUT2D eigenvalue weighted by molar-refractivity contribution is -0.136. The van der Waals surface area contributed by atoms with Crippen LogP contribution in [0.15, 0.2) is 0 Å². The van der Waals surface area contributed by atoms with E-state index in [1.807, 2.05) is 6.92 Å². The fraction of sp³-hybridized carbons (Fsp3) is 0.900. The fourth-order valence-electron chi connectivity index (χ4n) is 1.55. The van der Waals surface area contributed by atoms with Crippen LogP contribution in [0.4, 0.5) is 0 Å². The Labute approximate surface area is 90.4 Å². The second-order valence-electron chi connectivity index (χ2n) is 3.63. The summed E-state index contributed by atoms with van der Waals surface area (Å²) in [6, 6.07) is 0. The van der Waals surface area contributed by atoms with Gasteiger partial charge in [0.05, 0.1) is 5.38 Å². The zero-order valence-electron chi connectivity index (χ0n) is 8.67. The molecule has 0 bridgehead atoms. The highest BCUT2D eigenvalue weighted by Crippen LogP contribution is 2.14. The van der Waals surface area contributed by atoms with Gasteiger partial charge in [-0.05, 0) is 19.3 Å². The number of nitrogens with zero attached hydrogens (tertiary/aromatic N) is 1. The quantitative estimate of drug-likeness (QED) is 0.532. The first-order valence-electron chi connectivity index (χ1n) is 5.23. The Hall–Kier alpha value is -0.280. The maximum absolute atomic E-state index is 11.6. The molecule has 1 saturated heterocycles. The van der Waals surface area contributed by atoms with Crippen molar-refractivity contribution in [1.82, 2.24) is 4.90 Å². The van der Waals surface area contributed by atoms with Crippen molar-refractivity contribution >= 4 is 17.5 Å². The third-order valence-corrected chi connectivity index (χ3v) is 2.65. The van der Waals surface area contributed by atoms with Crippen LogP contribution in [-0.2, 0) is 9.53 Å². The molecule has 0 spiro atoms. The summed E-state index contributed by atoms with van der Waals surface area (Å²) in [7, 11) is 0. The summed E-state index contributed by atoms with van der Waals surface area (Å²) in [5.74, 6) is 0.0730. The molecule has 1 rings (SSSR count). The van der Waals surface area contributed by atoms with E-state index in [4.69, 9.17) is 16.3 Å². The summed E-state index contributed by atoms with van der Waals surface area (Å²) >= 11 is 5.98. The monoisotopic (exact) mass is 219 g/mol. The highest BCUT2D eigenvalue weighted by Gasteiger charge is 2.21. The number of piperidine rings is 1. The molecule has 1 heterocycles. The number of carbonyl (C=O) groups excluding carboxylic acids is 1. The molecular formula is C10H18ClNO2. The lowest BCUT2D eigenvalue weighted by atomic mass is 10.1.